The largest absolute Gasteiger partial charge is 0.338 e. The van der Waals surface area contributed by atoms with E-state index in [1.807, 2.05) is 6.92 Å². The normalized spacial score (nSPS) is 18.7. The van der Waals surface area contributed by atoms with E-state index in [4.69, 9.17) is 0 Å². The molecule has 26 heavy (non-hydrogen) atoms. The van der Waals surface area contributed by atoms with Gasteiger partial charge in [-0.05, 0) is 48.5 Å². The van der Waals surface area contributed by atoms with Crippen molar-refractivity contribution in [1.82, 2.24) is 14.8 Å². The van der Waals surface area contributed by atoms with Crippen molar-refractivity contribution in [3.63, 3.8) is 0 Å². The summed E-state index contributed by atoms with van der Waals surface area (Å²) >= 11 is 3.27. The molecule has 1 saturated heterocycles. The highest BCUT2D eigenvalue weighted by atomic mass is 79.9. The minimum atomic E-state index is -3.05. The van der Waals surface area contributed by atoms with Crippen LogP contribution < -0.4 is 5.32 Å². The number of amides is 2. The lowest BCUT2D eigenvalue weighted by Crippen LogP contribution is -2.46. The number of halogens is 1. The van der Waals surface area contributed by atoms with Crippen LogP contribution in [0.15, 0.2) is 22.8 Å². The summed E-state index contributed by atoms with van der Waals surface area (Å²) in [7, 11) is -1.38. The number of sulfone groups is 1. The molecule has 1 aromatic rings. The number of nitrogens with zero attached hydrogens (tertiary/aromatic N) is 3. The summed E-state index contributed by atoms with van der Waals surface area (Å²) in [4.78, 5) is 31.8. The number of nitrogens with one attached hydrogen (secondary N) is 1. The number of carbonyl (C=O) groups is 2. The Morgan fingerprint density at radius 2 is 2.08 bits per heavy atom. The van der Waals surface area contributed by atoms with E-state index in [0.717, 1.165) is 4.47 Å². The third-order valence-electron chi connectivity index (χ3n) is 4.12. The molecule has 2 amide bonds. The highest BCUT2D eigenvalue weighted by Gasteiger charge is 2.34. The lowest BCUT2D eigenvalue weighted by molar-refractivity contribution is -0.134. The summed E-state index contributed by atoms with van der Waals surface area (Å²) in [5.41, 5.74) is 0. The molecule has 0 spiro atoms. The van der Waals surface area contributed by atoms with Gasteiger partial charge >= 0.3 is 0 Å². The Hall–Kier alpha value is -1.52. The molecule has 1 unspecified atom stereocenters. The van der Waals surface area contributed by atoms with Crippen molar-refractivity contribution in [3.05, 3.63) is 22.8 Å². The molecule has 1 fully saturated rings. The van der Waals surface area contributed by atoms with E-state index in [1.54, 1.807) is 35.2 Å². The third-order valence-corrected chi connectivity index (χ3v) is 6.34. The summed E-state index contributed by atoms with van der Waals surface area (Å²) in [5, 5.41) is 2.67. The van der Waals surface area contributed by atoms with Crippen LogP contribution in [-0.4, -0.2) is 79.2 Å². The van der Waals surface area contributed by atoms with Gasteiger partial charge in [-0.1, -0.05) is 0 Å². The standard InChI is InChI=1S/C16H23BrN4O4S/c1-3-21(13-6-7-26(24,25)11-13)16(23)10-20(2)9-15(22)19-14-5-4-12(17)8-18-14/h4-5,8,13H,3,6-7,9-11H2,1-2H3,(H,18,19,22). The van der Waals surface area contributed by atoms with Gasteiger partial charge in [0.15, 0.2) is 9.84 Å². The second-order valence-electron chi connectivity index (χ2n) is 6.32. The molecular formula is C16H23BrN4O4S. The summed E-state index contributed by atoms with van der Waals surface area (Å²) in [6, 6.07) is 3.17. The minimum Gasteiger partial charge on any atom is -0.338 e. The smallest absolute Gasteiger partial charge is 0.239 e. The van der Waals surface area contributed by atoms with Gasteiger partial charge in [-0.25, -0.2) is 13.4 Å². The van der Waals surface area contributed by atoms with Gasteiger partial charge in [0.25, 0.3) is 0 Å². The first-order valence-electron chi connectivity index (χ1n) is 8.30. The van der Waals surface area contributed by atoms with Crippen molar-refractivity contribution in [2.75, 3.05) is 43.5 Å². The molecule has 0 aliphatic carbocycles. The Labute approximate surface area is 162 Å². The average Bonchev–Trinajstić information content (AvgIpc) is 2.89. The summed E-state index contributed by atoms with van der Waals surface area (Å²) in [6.07, 6.45) is 2.05. The van der Waals surface area contributed by atoms with E-state index < -0.39 is 9.84 Å². The Kier molecular flexibility index (Phi) is 7.13. The van der Waals surface area contributed by atoms with Crippen molar-refractivity contribution in [2.24, 2.45) is 0 Å². The van der Waals surface area contributed by atoms with Crippen molar-refractivity contribution in [3.8, 4) is 0 Å². The van der Waals surface area contributed by atoms with Crippen LogP contribution in [0.25, 0.3) is 0 Å². The number of hydrogen-bond acceptors (Lipinski definition) is 6. The molecule has 0 bridgehead atoms. The molecule has 2 rings (SSSR count). The molecule has 144 valence electrons. The SMILES string of the molecule is CCN(C(=O)CN(C)CC(=O)Nc1ccc(Br)cn1)C1CCS(=O)(=O)C1. The molecule has 1 atom stereocenters. The predicted octanol–water partition coefficient (Wildman–Crippen LogP) is 0.750. The fourth-order valence-corrected chi connectivity index (χ4v) is 4.88. The monoisotopic (exact) mass is 446 g/mol. The number of rotatable bonds is 7. The maximum absolute atomic E-state index is 12.5. The van der Waals surface area contributed by atoms with Crippen LogP contribution in [0.5, 0.6) is 0 Å². The van der Waals surface area contributed by atoms with Crippen LogP contribution in [0.1, 0.15) is 13.3 Å². The molecule has 1 aromatic heterocycles. The molecule has 1 aliphatic heterocycles. The second kappa shape index (κ2) is 8.92. The van der Waals surface area contributed by atoms with Crippen LogP contribution in [0.3, 0.4) is 0 Å². The number of aromatic nitrogens is 1. The first-order valence-corrected chi connectivity index (χ1v) is 10.9. The highest BCUT2D eigenvalue weighted by molar-refractivity contribution is 9.10. The van der Waals surface area contributed by atoms with E-state index in [1.165, 1.54) is 0 Å². The predicted molar refractivity (Wildman–Crippen MR) is 103 cm³/mol. The van der Waals surface area contributed by atoms with Crippen LogP contribution in [0.4, 0.5) is 5.82 Å². The Balaban J connectivity index is 1.85. The number of anilines is 1. The van der Waals surface area contributed by atoms with E-state index in [2.05, 4.69) is 26.2 Å². The van der Waals surface area contributed by atoms with E-state index in [9.17, 15) is 18.0 Å². The fourth-order valence-electron chi connectivity index (χ4n) is 2.91. The minimum absolute atomic E-state index is 0.0199. The quantitative estimate of drug-likeness (QED) is 0.663. The topological polar surface area (TPSA) is 99.7 Å². The maximum atomic E-state index is 12.5. The summed E-state index contributed by atoms with van der Waals surface area (Å²) in [6.45, 7) is 2.35. The summed E-state index contributed by atoms with van der Waals surface area (Å²) < 4.78 is 24.1. The molecule has 0 saturated carbocycles. The second-order valence-corrected chi connectivity index (χ2v) is 9.46. The van der Waals surface area contributed by atoms with Crippen molar-refractivity contribution >= 4 is 43.4 Å². The van der Waals surface area contributed by atoms with Gasteiger partial charge in [0.05, 0.1) is 24.6 Å². The molecule has 1 aliphatic rings. The Morgan fingerprint density at radius 1 is 1.35 bits per heavy atom. The van der Waals surface area contributed by atoms with Crippen LogP contribution in [-0.2, 0) is 19.4 Å². The van der Waals surface area contributed by atoms with E-state index in [-0.39, 0.29) is 42.5 Å². The average molecular weight is 447 g/mol. The van der Waals surface area contributed by atoms with E-state index >= 15 is 0 Å². The van der Waals surface area contributed by atoms with Gasteiger partial charge in [-0.3, -0.25) is 14.5 Å². The van der Waals surface area contributed by atoms with Gasteiger partial charge in [-0.2, -0.15) is 0 Å². The van der Waals surface area contributed by atoms with Gasteiger partial charge in [0, 0.05) is 23.3 Å². The van der Waals surface area contributed by atoms with Crippen molar-refractivity contribution in [2.45, 2.75) is 19.4 Å². The van der Waals surface area contributed by atoms with Gasteiger partial charge < -0.3 is 10.2 Å². The van der Waals surface area contributed by atoms with Crippen molar-refractivity contribution < 1.29 is 18.0 Å². The van der Waals surface area contributed by atoms with Gasteiger partial charge in [0.2, 0.25) is 11.8 Å². The number of pyridine rings is 1. The molecular weight excluding hydrogens is 424 g/mol. The lowest BCUT2D eigenvalue weighted by atomic mass is 10.2. The fraction of sp³-hybridized carbons (Fsp3) is 0.562. The molecule has 1 N–H and O–H groups in total. The Morgan fingerprint density at radius 3 is 2.62 bits per heavy atom. The van der Waals surface area contributed by atoms with Crippen LogP contribution in [0, 0.1) is 0 Å². The zero-order valence-corrected chi connectivity index (χ0v) is 17.2. The Bertz CT molecular complexity index is 754. The van der Waals surface area contributed by atoms with Crippen LogP contribution in [0.2, 0.25) is 0 Å². The first kappa shape index (κ1) is 20.8. The zero-order chi connectivity index (χ0) is 19.3. The third kappa shape index (κ3) is 6.03. The molecule has 0 radical (unpaired) electrons. The van der Waals surface area contributed by atoms with E-state index in [0.29, 0.717) is 18.8 Å². The molecule has 2 heterocycles. The number of likely N-dealkylation sites (N-methyl/N-ethyl adjacent to an activating group) is 2. The molecule has 8 nitrogen and oxygen atoms in total. The molecule has 10 heteroatoms. The van der Waals surface area contributed by atoms with Crippen LogP contribution >= 0.6 is 15.9 Å². The zero-order valence-electron chi connectivity index (χ0n) is 14.8. The number of carbonyl (C=O) groups excluding carboxylic acids is 2. The lowest BCUT2D eigenvalue weighted by Gasteiger charge is -2.28. The van der Waals surface area contributed by atoms with Gasteiger partial charge in [-0.15, -0.1) is 0 Å². The summed E-state index contributed by atoms with van der Waals surface area (Å²) in [5.74, 6) is 0.129. The van der Waals surface area contributed by atoms with Gasteiger partial charge in [0.1, 0.15) is 5.82 Å². The highest BCUT2D eigenvalue weighted by Crippen LogP contribution is 2.18. The molecule has 0 aromatic carbocycles. The first-order chi connectivity index (χ1) is 12.2. The van der Waals surface area contributed by atoms with Crippen molar-refractivity contribution in [1.29, 1.82) is 0 Å². The maximum Gasteiger partial charge on any atom is 0.239 e. The number of hydrogen-bond donors (Lipinski definition) is 1.